The quantitative estimate of drug-likeness (QED) is 0.366. The lowest BCUT2D eigenvalue weighted by molar-refractivity contribution is -0.114. The molecule has 3 aromatic heterocycles. The lowest BCUT2D eigenvalue weighted by atomic mass is 10.1. The van der Waals surface area contributed by atoms with Gasteiger partial charge in [0, 0.05) is 48.9 Å². The van der Waals surface area contributed by atoms with Crippen LogP contribution in [0.5, 0.6) is 0 Å². The van der Waals surface area contributed by atoms with Gasteiger partial charge in [-0.1, -0.05) is 48.5 Å². The molecule has 3 heterocycles. The molecular weight excluding hydrogens is 424 g/mol. The number of para-hydroxylation sites is 1. The van der Waals surface area contributed by atoms with Crippen LogP contribution in [0.15, 0.2) is 85.3 Å². The van der Waals surface area contributed by atoms with Crippen molar-refractivity contribution in [2.75, 3.05) is 10.6 Å². The smallest absolute Gasteiger partial charge is 0.221 e. The molecule has 5 rings (SSSR count). The molecule has 0 saturated carbocycles. The van der Waals surface area contributed by atoms with Gasteiger partial charge in [-0.25, -0.2) is 9.50 Å². The zero-order valence-corrected chi connectivity index (χ0v) is 19.0. The molecule has 0 atom stereocenters. The standard InChI is InChI=1S/C27H24N6O/c1-18-14-22(16-28-15-18)26-31-27(29-17-21-10-6-7-11-24(21)30-19(2)34)25-23(12-13-33(25)32-26)20-8-4-3-5-9-20/h3-16H,17H2,1-2H3,(H,30,34)(H,29,31,32). The van der Waals surface area contributed by atoms with Gasteiger partial charge in [-0.2, -0.15) is 0 Å². The summed E-state index contributed by atoms with van der Waals surface area (Å²) in [5, 5.41) is 11.2. The zero-order chi connectivity index (χ0) is 23.5. The fourth-order valence-corrected chi connectivity index (χ4v) is 3.96. The van der Waals surface area contributed by atoms with E-state index in [2.05, 4.69) is 27.8 Å². The molecule has 1 amide bonds. The number of amides is 1. The summed E-state index contributed by atoms with van der Waals surface area (Å²) in [6.07, 6.45) is 5.53. The van der Waals surface area contributed by atoms with Crippen molar-refractivity contribution < 1.29 is 4.79 Å². The van der Waals surface area contributed by atoms with Crippen LogP contribution in [0, 0.1) is 6.92 Å². The van der Waals surface area contributed by atoms with Gasteiger partial charge in [0.05, 0.1) is 0 Å². The van der Waals surface area contributed by atoms with E-state index in [0.29, 0.717) is 18.2 Å². The molecule has 0 spiro atoms. The SMILES string of the molecule is CC(=O)Nc1ccccc1CNc1nc(-c2cncc(C)c2)nn2ccc(-c3ccccc3)c12. The Bertz CT molecular complexity index is 1480. The third-order valence-corrected chi connectivity index (χ3v) is 5.50. The van der Waals surface area contributed by atoms with Crippen LogP contribution >= 0.6 is 0 Å². The molecule has 7 nitrogen and oxygen atoms in total. The van der Waals surface area contributed by atoms with Crippen LogP contribution in [-0.4, -0.2) is 25.5 Å². The first-order valence-electron chi connectivity index (χ1n) is 11.0. The highest BCUT2D eigenvalue weighted by atomic mass is 16.1. The van der Waals surface area contributed by atoms with Crippen LogP contribution in [0.3, 0.4) is 0 Å². The van der Waals surface area contributed by atoms with Crippen molar-refractivity contribution >= 4 is 22.9 Å². The fraction of sp³-hybridized carbons (Fsp3) is 0.111. The highest BCUT2D eigenvalue weighted by molar-refractivity contribution is 5.90. The molecule has 34 heavy (non-hydrogen) atoms. The summed E-state index contributed by atoms with van der Waals surface area (Å²) in [6.45, 7) is 3.98. The number of hydrogen-bond donors (Lipinski definition) is 2. The Labute approximate surface area is 197 Å². The number of aromatic nitrogens is 4. The average molecular weight is 449 g/mol. The molecule has 0 radical (unpaired) electrons. The maximum atomic E-state index is 11.6. The Morgan fingerprint density at radius 2 is 1.76 bits per heavy atom. The number of carbonyl (C=O) groups excluding carboxylic acids is 1. The van der Waals surface area contributed by atoms with Crippen LogP contribution in [-0.2, 0) is 11.3 Å². The van der Waals surface area contributed by atoms with E-state index in [0.717, 1.165) is 39.0 Å². The van der Waals surface area contributed by atoms with E-state index in [-0.39, 0.29) is 5.91 Å². The van der Waals surface area contributed by atoms with E-state index >= 15 is 0 Å². The van der Waals surface area contributed by atoms with E-state index in [1.54, 1.807) is 6.20 Å². The number of pyridine rings is 1. The first kappa shape index (κ1) is 21.3. The van der Waals surface area contributed by atoms with Crippen LogP contribution < -0.4 is 10.6 Å². The Hall–Kier alpha value is -4.52. The number of aryl methyl sites for hydroxylation is 1. The number of hydrogen-bond acceptors (Lipinski definition) is 5. The lowest BCUT2D eigenvalue weighted by Crippen LogP contribution is -2.11. The van der Waals surface area contributed by atoms with E-state index in [1.165, 1.54) is 6.92 Å². The fourth-order valence-electron chi connectivity index (χ4n) is 3.96. The van der Waals surface area contributed by atoms with Gasteiger partial charge in [0.1, 0.15) is 5.52 Å². The van der Waals surface area contributed by atoms with Gasteiger partial charge >= 0.3 is 0 Å². The molecule has 5 aromatic rings. The van der Waals surface area contributed by atoms with Crippen molar-refractivity contribution in [3.63, 3.8) is 0 Å². The van der Waals surface area contributed by atoms with Gasteiger partial charge < -0.3 is 10.6 Å². The first-order chi connectivity index (χ1) is 16.6. The maximum absolute atomic E-state index is 11.6. The Morgan fingerprint density at radius 3 is 2.56 bits per heavy atom. The molecule has 0 fully saturated rings. The molecule has 0 bridgehead atoms. The second kappa shape index (κ2) is 9.15. The van der Waals surface area contributed by atoms with Crippen LogP contribution in [0.2, 0.25) is 0 Å². The number of rotatable bonds is 6. The second-order valence-corrected chi connectivity index (χ2v) is 8.12. The van der Waals surface area contributed by atoms with Crippen LogP contribution in [0.1, 0.15) is 18.1 Å². The summed E-state index contributed by atoms with van der Waals surface area (Å²) in [7, 11) is 0. The lowest BCUT2D eigenvalue weighted by Gasteiger charge is -2.14. The Balaban J connectivity index is 1.61. The summed E-state index contributed by atoms with van der Waals surface area (Å²) < 4.78 is 1.86. The minimum atomic E-state index is -0.107. The molecular formula is C27H24N6O. The number of fused-ring (bicyclic) bond motifs is 1. The molecule has 0 saturated heterocycles. The molecule has 0 aliphatic rings. The topological polar surface area (TPSA) is 84.2 Å². The van der Waals surface area contributed by atoms with Gasteiger partial charge in [-0.05, 0) is 41.8 Å². The predicted octanol–water partition coefficient (Wildman–Crippen LogP) is 5.34. The summed E-state index contributed by atoms with van der Waals surface area (Å²) in [4.78, 5) is 20.9. The first-order valence-corrected chi connectivity index (χ1v) is 11.0. The van der Waals surface area contributed by atoms with Gasteiger partial charge in [0.25, 0.3) is 0 Å². The molecule has 2 N–H and O–H groups in total. The molecule has 2 aromatic carbocycles. The molecule has 0 aliphatic heterocycles. The number of anilines is 2. The third kappa shape index (κ3) is 4.36. The van der Waals surface area contributed by atoms with E-state index < -0.39 is 0 Å². The summed E-state index contributed by atoms with van der Waals surface area (Å²) >= 11 is 0. The van der Waals surface area contributed by atoms with E-state index in [9.17, 15) is 4.79 Å². The number of carbonyl (C=O) groups is 1. The molecule has 7 heteroatoms. The number of nitrogens with zero attached hydrogens (tertiary/aromatic N) is 4. The van der Waals surface area contributed by atoms with Crippen molar-refractivity contribution in [1.82, 2.24) is 19.6 Å². The average Bonchev–Trinajstić information content (AvgIpc) is 3.28. The minimum Gasteiger partial charge on any atom is -0.364 e. The second-order valence-electron chi connectivity index (χ2n) is 8.12. The molecule has 0 unspecified atom stereocenters. The minimum absolute atomic E-state index is 0.107. The van der Waals surface area contributed by atoms with Gasteiger partial charge in [-0.3, -0.25) is 9.78 Å². The van der Waals surface area contributed by atoms with E-state index in [1.807, 2.05) is 78.4 Å². The summed E-state index contributed by atoms with van der Waals surface area (Å²) in [6, 6.07) is 22.0. The monoisotopic (exact) mass is 448 g/mol. The van der Waals surface area contributed by atoms with Crippen LogP contribution in [0.25, 0.3) is 28.0 Å². The van der Waals surface area contributed by atoms with Crippen molar-refractivity contribution in [3.05, 3.63) is 96.4 Å². The highest BCUT2D eigenvalue weighted by Crippen LogP contribution is 2.31. The largest absolute Gasteiger partial charge is 0.364 e. The predicted molar refractivity (Wildman–Crippen MR) is 134 cm³/mol. The highest BCUT2D eigenvalue weighted by Gasteiger charge is 2.16. The Morgan fingerprint density at radius 1 is 0.971 bits per heavy atom. The zero-order valence-electron chi connectivity index (χ0n) is 19.0. The molecule has 0 aliphatic carbocycles. The third-order valence-electron chi connectivity index (χ3n) is 5.50. The van der Waals surface area contributed by atoms with Crippen molar-refractivity contribution in [1.29, 1.82) is 0 Å². The summed E-state index contributed by atoms with van der Waals surface area (Å²) in [5.74, 6) is 1.17. The maximum Gasteiger partial charge on any atom is 0.221 e. The Kier molecular flexibility index (Phi) is 5.74. The van der Waals surface area contributed by atoms with Gasteiger partial charge in [-0.15, -0.1) is 5.10 Å². The number of nitrogens with one attached hydrogen (secondary N) is 2. The number of benzene rings is 2. The van der Waals surface area contributed by atoms with Gasteiger partial charge in [0.15, 0.2) is 11.6 Å². The van der Waals surface area contributed by atoms with E-state index in [4.69, 9.17) is 10.1 Å². The van der Waals surface area contributed by atoms with Crippen LogP contribution in [0.4, 0.5) is 11.5 Å². The van der Waals surface area contributed by atoms with Crippen molar-refractivity contribution in [3.8, 4) is 22.5 Å². The normalized spacial score (nSPS) is 10.9. The van der Waals surface area contributed by atoms with Crippen molar-refractivity contribution in [2.24, 2.45) is 0 Å². The molecule has 168 valence electrons. The van der Waals surface area contributed by atoms with Crippen molar-refractivity contribution in [2.45, 2.75) is 20.4 Å². The summed E-state index contributed by atoms with van der Waals surface area (Å²) in [5.41, 5.74) is 6.62. The van der Waals surface area contributed by atoms with Gasteiger partial charge in [0.2, 0.25) is 5.91 Å².